The third-order valence-electron chi connectivity index (χ3n) is 5.84. The van der Waals surface area contributed by atoms with Crippen LogP contribution in [0.4, 0.5) is 10.1 Å². The van der Waals surface area contributed by atoms with E-state index in [4.69, 9.17) is 0 Å². The van der Waals surface area contributed by atoms with Crippen LogP contribution in [0.25, 0.3) is 0 Å². The second-order valence-corrected chi connectivity index (χ2v) is 7.94. The van der Waals surface area contributed by atoms with Crippen LogP contribution in [0.1, 0.15) is 39.9 Å². The summed E-state index contributed by atoms with van der Waals surface area (Å²) in [5, 5.41) is 5.99. The third kappa shape index (κ3) is 4.65. The minimum absolute atomic E-state index is 0. The normalized spacial score (nSPS) is 18.2. The summed E-state index contributed by atoms with van der Waals surface area (Å²) in [5.74, 6) is -0.954. The molecule has 160 valence electrons. The van der Waals surface area contributed by atoms with E-state index in [1.54, 1.807) is 11.0 Å². The standard InChI is InChI=1S/C23H26FN3O2.ClH/c1-15-4-6-16(7-5-15)23(29)27-12-2-3-18(14-27)22(28)26-20-9-8-17-13-25-11-10-19(17)21(20)24;/h4-9,18,25H,2-3,10-14H2,1H3,(H,26,28);1H. The first kappa shape index (κ1) is 22.2. The number of benzene rings is 2. The van der Waals surface area contributed by atoms with Gasteiger partial charge in [0.25, 0.3) is 5.91 Å². The summed E-state index contributed by atoms with van der Waals surface area (Å²) in [7, 11) is 0. The van der Waals surface area contributed by atoms with Gasteiger partial charge in [-0.1, -0.05) is 23.8 Å². The van der Waals surface area contributed by atoms with Crippen molar-refractivity contribution in [1.29, 1.82) is 0 Å². The highest BCUT2D eigenvalue weighted by Crippen LogP contribution is 2.26. The number of likely N-dealkylation sites (tertiary alicyclic amines) is 1. The van der Waals surface area contributed by atoms with Crippen LogP contribution in [0.5, 0.6) is 0 Å². The highest BCUT2D eigenvalue weighted by Gasteiger charge is 2.29. The summed E-state index contributed by atoms with van der Waals surface area (Å²) in [6.07, 6.45) is 2.07. The Labute approximate surface area is 182 Å². The van der Waals surface area contributed by atoms with Gasteiger partial charge in [0.1, 0.15) is 5.82 Å². The quantitative estimate of drug-likeness (QED) is 0.779. The van der Waals surface area contributed by atoms with Crippen molar-refractivity contribution in [2.24, 2.45) is 5.92 Å². The van der Waals surface area contributed by atoms with Gasteiger partial charge in [-0.15, -0.1) is 12.4 Å². The molecule has 1 fully saturated rings. The largest absolute Gasteiger partial charge is 0.338 e. The predicted octanol–water partition coefficient (Wildman–Crippen LogP) is 3.69. The van der Waals surface area contributed by atoms with E-state index < -0.39 is 0 Å². The fourth-order valence-corrected chi connectivity index (χ4v) is 4.12. The number of halogens is 2. The second kappa shape index (κ2) is 9.58. The number of carbonyl (C=O) groups excluding carboxylic acids is 2. The molecule has 0 aromatic heterocycles. The Morgan fingerprint density at radius 3 is 2.70 bits per heavy atom. The second-order valence-electron chi connectivity index (χ2n) is 7.94. The van der Waals surface area contributed by atoms with Crippen LogP contribution in [0.2, 0.25) is 0 Å². The number of piperidine rings is 1. The fourth-order valence-electron chi connectivity index (χ4n) is 4.12. The molecule has 1 atom stereocenters. The molecular formula is C23H27ClFN3O2. The maximum atomic E-state index is 14.8. The first-order valence-electron chi connectivity index (χ1n) is 10.2. The van der Waals surface area contributed by atoms with Crippen molar-refractivity contribution in [3.8, 4) is 0 Å². The van der Waals surface area contributed by atoms with Crippen LogP contribution >= 0.6 is 12.4 Å². The minimum atomic E-state index is -0.338. The Bertz CT molecular complexity index is 933. The number of hydrogen-bond donors (Lipinski definition) is 2. The number of carbonyl (C=O) groups is 2. The van der Waals surface area contributed by atoms with Gasteiger partial charge >= 0.3 is 0 Å². The molecule has 2 aliphatic rings. The van der Waals surface area contributed by atoms with E-state index in [1.807, 2.05) is 37.3 Å². The lowest BCUT2D eigenvalue weighted by atomic mass is 9.95. The smallest absolute Gasteiger partial charge is 0.253 e. The molecule has 2 aliphatic heterocycles. The average molecular weight is 432 g/mol. The first-order valence-corrected chi connectivity index (χ1v) is 10.2. The molecule has 1 unspecified atom stereocenters. The predicted molar refractivity (Wildman–Crippen MR) is 117 cm³/mol. The van der Waals surface area contributed by atoms with E-state index in [9.17, 15) is 14.0 Å². The number of rotatable bonds is 3. The van der Waals surface area contributed by atoms with Crippen LogP contribution in [-0.2, 0) is 17.8 Å². The summed E-state index contributed by atoms with van der Waals surface area (Å²) in [4.78, 5) is 27.3. The zero-order valence-corrected chi connectivity index (χ0v) is 17.9. The van der Waals surface area contributed by atoms with E-state index in [-0.39, 0.29) is 41.6 Å². The van der Waals surface area contributed by atoms with E-state index >= 15 is 0 Å². The molecule has 2 aromatic rings. The van der Waals surface area contributed by atoms with Crippen LogP contribution in [-0.4, -0.2) is 36.3 Å². The molecule has 2 N–H and O–H groups in total. The van der Waals surface area contributed by atoms with Gasteiger partial charge in [0.05, 0.1) is 11.6 Å². The number of hydrogen-bond acceptors (Lipinski definition) is 3. The van der Waals surface area contributed by atoms with Crippen molar-refractivity contribution in [1.82, 2.24) is 10.2 Å². The molecule has 0 aliphatic carbocycles. The van der Waals surface area contributed by atoms with Gasteiger partial charge < -0.3 is 15.5 Å². The summed E-state index contributed by atoms with van der Waals surface area (Å²) >= 11 is 0. The summed E-state index contributed by atoms with van der Waals surface area (Å²) < 4.78 is 14.8. The number of amides is 2. The zero-order chi connectivity index (χ0) is 20.4. The molecule has 2 amide bonds. The Kier molecular flexibility index (Phi) is 7.10. The van der Waals surface area contributed by atoms with Crippen LogP contribution in [0.3, 0.4) is 0 Å². The van der Waals surface area contributed by atoms with Gasteiger partial charge in [-0.3, -0.25) is 9.59 Å². The highest BCUT2D eigenvalue weighted by atomic mass is 35.5. The summed E-state index contributed by atoms with van der Waals surface area (Å²) in [6, 6.07) is 11.0. The molecular weight excluding hydrogens is 405 g/mol. The molecule has 5 nitrogen and oxygen atoms in total. The number of nitrogens with one attached hydrogen (secondary N) is 2. The van der Waals surface area contributed by atoms with Gasteiger partial charge in [0.15, 0.2) is 0 Å². The Hall–Kier alpha value is -2.44. The van der Waals surface area contributed by atoms with E-state index in [1.165, 1.54) is 0 Å². The monoisotopic (exact) mass is 431 g/mol. The molecule has 1 saturated heterocycles. The van der Waals surface area contributed by atoms with Gasteiger partial charge in [-0.2, -0.15) is 0 Å². The maximum Gasteiger partial charge on any atom is 0.253 e. The van der Waals surface area contributed by atoms with Crippen molar-refractivity contribution >= 4 is 29.9 Å². The minimum Gasteiger partial charge on any atom is -0.338 e. The molecule has 0 saturated carbocycles. The molecule has 0 spiro atoms. The van der Waals surface area contributed by atoms with Gasteiger partial charge in [-0.05, 0) is 62.1 Å². The van der Waals surface area contributed by atoms with Crippen LogP contribution in [0.15, 0.2) is 36.4 Å². The van der Waals surface area contributed by atoms with Crippen molar-refractivity contribution in [3.63, 3.8) is 0 Å². The molecule has 2 heterocycles. The lowest BCUT2D eigenvalue weighted by Crippen LogP contribution is -2.43. The fraction of sp³-hybridized carbons (Fsp3) is 0.391. The number of aryl methyl sites for hydroxylation is 1. The van der Waals surface area contributed by atoms with Crippen molar-refractivity contribution in [3.05, 3.63) is 64.5 Å². The Morgan fingerprint density at radius 2 is 1.93 bits per heavy atom. The number of anilines is 1. The van der Waals surface area contributed by atoms with Gasteiger partial charge in [0, 0.05) is 25.2 Å². The van der Waals surface area contributed by atoms with E-state index in [0.717, 1.165) is 24.1 Å². The van der Waals surface area contributed by atoms with Crippen LogP contribution in [0, 0.1) is 18.7 Å². The van der Waals surface area contributed by atoms with Crippen molar-refractivity contribution < 1.29 is 14.0 Å². The highest BCUT2D eigenvalue weighted by molar-refractivity contribution is 5.96. The SMILES string of the molecule is Cc1ccc(C(=O)N2CCCC(C(=O)Nc3ccc4c(c3F)CCNC4)C2)cc1.Cl. The molecule has 2 aromatic carbocycles. The lowest BCUT2D eigenvalue weighted by Gasteiger charge is -2.32. The molecule has 7 heteroatoms. The first-order chi connectivity index (χ1) is 14.0. The average Bonchev–Trinajstić information content (AvgIpc) is 2.76. The number of fused-ring (bicyclic) bond motifs is 1. The van der Waals surface area contributed by atoms with Gasteiger partial charge in [0.2, 0.25) is 5.91 Å². The lowest BCUT2D eigenvalue weighted by molar-refractivity contribution is -0.121. The Morgan fingerprint density at radius 1 is 1.17 bits per heavy atom. The molecule has 30 heavy (non-hydrogen) atoms. The molecule has 4 rings (SSSR count). The van der Waals surface area contributed by atoms with Crippen molar-refractivity contribution in [2.45, 2.75) is 32.7 Å². The molecule has 0 bridgehead atoms. The van der Waals surface area contributed by atoms with Crippen LogP contribution < -0.4 is 10.6 Å². The van der Waals surface area contributed by atoms with E-state index in [2.05, 4.69) is 10.6 Å². The Balaban J connectivity index is 0.00000256. The summed E-state index contributed by atoms with van der Waals surface area (Å²) in [6.45, 7) is 4.36. The van der Waals surface area contributed by atoms with Gasteiger partial charge in [-0.25, -0.2) is 4.39 Å². The summed E-state index contributed by atoms with van der Waals surface area (Å²) in [5.41, 5.74) is 3.59. The zero-order valence-electron chi connectivity index (χ0n) is 17.0. The maximum absolute atomic E-state index is 14.8. The van der Waals surface area contributed by atoms with Crippen molar-refractivity contribution in [2.75, 3.05) is 25.0 Å². The molecule has 0 radical (unpaired) electrons. The van der Waals surface area contributed by atoms with E-state index in [0.29, 0.717) is 43.6 Å². The number of nitrogens with zero attached hydrogens (tertiary/aromatic N) is 1. The topological polar surface area (TPSA) is 61.4 Å². The third-order valence-corrected chi connectivity index (χ3v) is 5.84.